The number of anilines is 1. The first-order valence-corrected chi connectivity index (χ1v) is 8.24. The van der Waals surface area contributed by atoms with E-state index in [-0.39, 0.29) is 5.91 Å². The molecule has 22 heavy (non-hydrogen) atoms. The van der Waals surface area contributed by atoms with Gasteiger partial charge in [0.15, 0.2) is 0 Å². The maximum atomic E-state index is 12.0. The lowest BCUT2D eigenvalue weighted by molar-refractivity contribution is -0.116. The molecule has 3 aromatic rings. The summed E-state index contributed by atoms with van der Waals surface area (Å²) in [5, 5.41) is 4.07. The number of aryl methyl sites for hydroxylation is 2. The molecule has 4 heteroatoms. The first kappa shape index (κ1) is 14.7. The molecule has 0 aliphatic rings. The Labute approximate surface area is 134 Å². The molecule has 0 unspecified atom stereocenters. The van der Waals surface area contributed by atoms with Crippen LogP contribution in [0.5, 0.6) is 0 Å². The van der Waals surface area contributed by atoms with Crippen LogP contribution in [0.15, 0.2) is 48.5 Å². The van der Waals surface area contributed by atoms with E-state index in [0.29, 0.717) is 6.42 Å². The van der Waals surface area contributed by atoms with E-state index < -0.39 is 0 Å². The van der Waals surface area contributed by atoms with Gasteiger partial charge in [-0.3, -0.25) is 4.79 Å². The highest BCUT2D eigenvalue weighted by Gasteiger charge is 2.07. The molecule has 0 saturated carbocycles. The molecule has 2 aromatic carbocycles. The van der Waals surface area contributed by atoms with Crippen molar-refractivity contribution in [1.29, 1.82) is 0 Å². The number of nitrogens with zero attached hydrogens (tertiary/aromatic N) is 1. The summed E-state index contributed by atoms with van der Waals surface area (Å²) in [7, 11) is 0. The molecule has 0 bridgehead atoms. The molecule has 0 spiro atoms. The first-order chi connectivity index (χ1) is 10.7. The van der Waals surface area contributed by atoms with Crippen LogP contribution >= 0.6 is 11.3 Å². The number of nitrogens with one attached hydrogen (secondary N) is 1. The lowest BCUT2D eigenvalue weighted by atomic mass is 10.2. The van der Waals surface area contributed by atoms with Crippen molar-refractivity contribution in [2.24, 2.45) is 0 Å². The Morgan fingerprint density at radius 2 is 1.91 bits per heavy atom. The van der Waals surface area contributed by atoms with E-state index in [9.17, 15) is 4.79 Å². The van der Waals surface area contributed by atoms with Gasteiger partial charge in [-0.15, -0.1) is 11.3 Å². The summed E-state index contributed by atoms with van der Waals surface area (Å²) in [5.74, 6) is 0.0652. The fourth-order valence-corrected chi connectivity index (χ4v) is 3.36. The van der Waals surface area contributed by atoms with Gasteiger partial charge < -0.3 is 5.32 Å². The van der Waals surface area contributed by atoms with E-state index in [1.165, 1.54) is 4.70 Å². The minimum Gasteiger partial charge on any atom is -0.326 e. The first-order valence-electron chi connectivity index (χ1n) is 7.42. The summed E-state index contributed by atoms with van der Waals surface area (Å²) >= 11 is 1.71. The molecule has 0 aliphatic carbocycles. The summed E-state index contributed by atoms with van der Waals surface area (Å²) in [6.45, 7) is 2.00. The molecule has 0 aliphatic heterocycles. The van der Waals surface area contributed by atoms with Crippen LogP contribution in [0.4, 0.5) is 5.69 Å². The van der Waals surface area contributed by atoms with Crippen molar-refractivity contribution in [3.8, 4) is 0 Å². The molecule has 112 valence electrons. The largest absolute Gasteiger partial charge is 0.326 e. The van der Waals surface area contributed by atoms with Gasteiger partial charge in [0.05, 0.1) is 15.2 Å². The van der Waals surface area contributed by atoms with Gasteiger partial charge in [0.1, 0.15) is 0 Å². The third kappa shape index (κ3) is 3.52. The molecule has 1 heterocycles. The zero-order chi connectivity index (χ0) is 15.4. The highest BCUT2D eigenvalue weighted by molar-refractivity contribution is 7.18. The van der Waals surface area contributed by atoms with Crippen molar-refractivity contribution in [1.82, 2.24) is 4.98 Å². The summed E-state index contributed by atoms with van der Waals surface area (Å²) in [5.41, 5.74) is 3.03. The number of rotatable bonds is 5. The quantitative estimate of drug-likeness (QED) is 0.750. The van der Waals surface area contributed by atoms with Gasteiger partial charge >= 0.3 is 0 Å². The molecule has 0 fully saturated rings. The van der Waals surface area contributed by atoms with Crippen LogP contribution in [0, 0.1) is 6.92 Å². The number of para-hydroxylation sites is 2. The van der Waals surface area contributed by atoms with Crippen LogP contribution in [-0.4, -0.2) is 10.9 Å². The number of carbonyl (C=O) groups excluding carboxylic acids is 1. The van der Waals surface area contributed by atoms with Crippen LogP contribution in [-0.2, 0) is 11.2 Å². The van der Waals surface area contributed by atoms with Gasteiger partial charge in [0.2, 0.25) is 5.91 Å². The zero-order valence-corrected chi connectivity index (χ0v) is 13.3. The SMILES string of the molecule is Cc1ccccc1NC(=O)CCCc1nc2ccccc2s1. The molecule has 1 N–H and O–H groups in total. The summed E-state index contributed by atoms with van der Waals surface area (Å²) in [6.07, 6.45) is 2.18. The highest BCUT2D eigenvalue weighted by Crippen LogP contribution is 2.22. The van der Waals surface area contributed by atoms with Crippen molar-refractivity contribution in [2.45, 2.75) is 26.2 Å². The average Bonchev–Trinajstić information content (AvgIpc) is 2.92. The number of thiazole rings is 1. The molecule has 1 amide bonds. The predicted octanol–water partition coefficient (Wildman–Crippen LogP) is 4.57. The Balaban J connectivity index is 1.52. The van der Waals surface area contributed by atoms with Crippen molar-refractivity contribution in [3.05, 3.63) is 59.1 Å². The highest BCUT2D eigenvalue weighted by atomic mass is 32.1. The third-order valence-corrected chi connectivity index (χ3v) is 4.65. The average molecular weight is 310 g/mol. The summed E-state index contributed by atoms with van der Waals surface area (Å²) in [4.78, 5) is 16.6. The van der Waals surface area contributed by atoms with Gasteiger partial charge in [0.25, 0.3) is 0 Å². The van der Waals surface area contributed by atoms with Crippen molar-refractivity contribution < 1.29 is 4.79 Å². The number of amides is 1. The third-order valence-electron chi connectivity index (χ3n) is 3.55. The van der Waals surface area contributed by atoms with Crippen molar-refractivity contribution in [2.75, 3.05) is 5.32 Å². The second-order valence-electron chi connectivity index (χ2n) is 5.29. The predicted molar refractivity (Wildman–Crippen MR) is 92.4 cm³/mol. The van der Waals surface area contributed by atoms with Gasteiger partial charge in [-0.1, -0.05) is 30.3 Å². The van der Waals surface area contributed by atoms with Crippen molar-refractivity contribution >= 4 is 33.1 Å². The number of fused-ring (bicyclic) bond motifs is 1. The van der Waals surface area contributed by atoms with Crippen LogP contribution in [0.2, 0.25) is 0 Å². The van der Waals surface area contributed by atoms with E-state index in [0.717, 1.165) is 34.6 Å². The Hall–Kier alpha value is -2.20. The molecule has 0 radical (unpaired) electrons. The molecule has 0 atom stereocenters. The maximum Gasteiger partial charge on any atom is 0.224 e. The van der Waals surface area contributed by atoms with E-state index in [4.69, 9.17) is 0 Å². The van der Waals surface area contributed by atoms with Crippen LogP contribution in [0.25, 0.3) is 10.2 Å². The van der Waals surface area contributed by atoms with Gasteiger partial charge in [-0.2, -0.15) is 0 Å². The van der Waals surface area contributed by atoms with Gasteiger partial charge in [0, 0.05) is 12.1 Å². The summed E-state index contributed by atoms with van der Waals surface area (Å²) < 4.78 is 1.21. The van der Waals surface area contributed by atoms with Crippen LogP contribution in [0.1, 0.15) is 23.4 Å². The molecule has 3 rings (SSSR count). The standard InChI is InChI=1S/C18H18N2OS/c1-13-7-2-3-8-14(13)19-17(21)11-6-12-18-20-15-9-4-5-10-16(15)22-18/h2-5,7-10H,6,11-12H2,1H3,(H,19,21). The van der Waals surface area contributed by atoms with E-state index in [1.807, 2.05) is 49.4 Å². The minimum absolute atomic E-state index is 0.0652. The van der Waals surface area contributed by atoms with E-state index in [1.54, 1.807) is 11.3 Å². The Bertz CT molecular complexity index is 761. The van der Waals surface area contributed by atoms with E-state index >= 15 is 0 Å². The number of aromatic nitrogens is 1. The fraction of sp³-hybridized carbons (Fsp3) is 0.222. The monoisotopic (exact) mass is 310 g/mol. The second-order valence-corrected chi connectivity index (χ2v) is 6.41. The lowest BCUT2D eigenvalue weighted by Gasteiger charge is -2.07. The molecule has 1 aromatic heterocycles. The lowest BCUT2D eigenvalue weighted by Crippen LogP contribution is -2.12. The Morgan fingerprint density at radius 3 is 2.73 bits per heavy atom. The molecular weight excluding hydrogens is 292 g/mol. The van der Waals surface area contributed by atoms with Crippen LogP contribution in [0.3, 0.4) is 0 Å². The Morgan fingerprint density at radius 1 is 1.14 bits per heavy atom. The molecular formula is C18H18N2OS. The summed E-state index contributed by atoms with van der Waals surface area (Å²) in [6, 6.07) is 16.0. The van der Waals surface area contributed by atoms with Gasteiger partial charge in [-0.05, 0) is 43.5 Å². The topological polar surface area (TPSA) is 42.0 Å². The molecule has 3 nitrogen and oxygen atoms in total. The van der Waals surface area contributed by atoms with Crippen LogP contribution < -0.4 is 5.32 Å². The fourth-order valence-electron chi connectivity index (χ4n) is 2.35. The number of carbonyl (C=O) groups is 1. The molecule has 0 saturated heterocycles. The van der Waals surface area contributed by atoms with Crippen molar-refractivity contribution in [3.63, 3.8) is 0 Å². The number of hydrogen-bond acceptors (Lipinski definition) is 3. The van der Waals surface area contributed by atoms with Gasteiger partial charge in [-0.25, -0.2) is 4.98 Å². The number of hydrogen-bond donors (Lipinski definition) is 1. The second kappa shape index (κ2) is 6.71. The normalized spacial score (nSPS) is 10.8. The van der Waals surface area contributed by atoms with E-state index in [2.05, 4.69) is 16.4 Å². The minimum atomic E-state index is 0.0652. The zero-order valence-electron chi connectivity index (χ0n) is 12.5. The smallest absolute Gasteiger partial charge is 0.224 e. The Kier molecular flexibility index (Phi) is 4.49. The maximum absolute atomic E-state index is 12.0. The number of benzene rings is 2.